The van der Waals surface area contributed by atoms with E-state index < -0.39 is 10.0 Å². The van der Waals surface area contributed by atoms with E-state index in [9.17, 15) is 13.2 Å². The Balaban J connectivity index is 2.15. The van der Waals surface area contributed by atoms with Crippen LogP contribution in [0.15, 0.2) is 21.6 Å². The SMILES string of the molecule is CC1CCCC1NS(=O)(=O)c1ccc(C=O)o1. The van der Waals surface area contributed by atoms with E-state index in [1.807, 2.05) is 6.92 Å². The van der Waals surface area contributed by atoms with Gasteiger partial charge in [0.2, 0.25) is 5.09 Å². The van der Waals surface area contributed by atoms with Crippen molar-refractivity contribution in [3.63, 3.8) is 0 Å². The van der Waals surface area contributed by atoms with Gasteiger partial charge >= 0.3 is 0 Å². The van der Waals surface area contributed by atoms with Gasteiger partial charge in [0.15, 0.2) is 12.0 Å². The molecule has 0 saturated heterocycles. The Hall–Kier alpha value is -1.14. The van der Waals surface area contributed by atoms with Gasteiger partial charge in [-0.1, -0.05) is 13.3 Å². The summed E-state index contributed by atoms with van der Waals surface area (Å²) in [6.45, 7) is 2.03. The minimum atomic E-state index is -3.64. The zero-order valence-corrected chi connectivity index (χ0v) is 10.4. The summed E-state index contributed by atoms with van der Waals surface area (Å²) in [5.41, 5.74) is 0. The molecule has 2 atom stereocenters. The Morgan fingerprint density at radius 2 is 2.18 bits per heavy atom. The first-order valence-electron chi connectivity index (χ1n) is 5.60. The monoisotopic (exact) mass is 257 g/mol. The lowest BCUT2D eigenvalue weighted by Crippen LogP contribution is -2.36. The van der Waals surface area contributed by atoms with Crippen LogP contribution in [-0.4, -0.2) is 20.7 Å². The number of nitrogens with one attached hydrogen (secondary N) is 1. The Bertz CT molecular complexity index is 505. The number of aldehydes is 1. The summed E-state index contributed by atoms with van der Waals surface area (Å²) in [6.07, 6.45) is 3.40. The van der Waals surface area contributed by atoms with Crippen molar-refractivity contribution in [2.24, 2.45) is 5.92 Å². The van der Waals surface area contributed by atoms with E-state index >= 15 is 0 Å². The van der Waals surface area contributed by atoms with E-state index in [0.717, 1.165) is 19.3 Å². The molecule has 0 bridgehead atoms. The van der Waals surface area contributed by atoms with Gasteiger partial charge in [-0.05, 0) is 30.9 Å². The van der Waals surface area contributed by atoms with Crippen LogP contribution >= 0.6 is 0 Å². The van der Waals surface area contributed by atoms with E-state index in [1.165, 1.54) is 12.1 Å². The second-order valence-corrected chi connectivity index (χ2v) is 6.06. The molecule has 1 fully saturated rings. The van der Waals surface area contributed by atoms with Gasteiger partial charge in [0, 0.05) is 6.04 Å². The number of furan rings is 1. The van der Waals surface area contributed by atoms with Crippen molar-refractivity contribution < 1.29 is 17.6 Å². The fraction of sp³-hybridized carbons (Fsp3) is 0.545. The van der Waals surface area contributed by atoms with E-state index in [1.54, 1.807) is 0 Å². The highest BCUT2D eigenvalue weighted by atomic mass is 32.2. The van der Waals surface area contributed by atoms with Gasteiger partial charge in [-0.3, -0.25) is 4.79 Å². The molecule has 0 spiro atoms. The molecule has 0 amide bonds. The Kier molecular flexibility index (Phi) is 3.35. The molecule has 1 aromatic rings. The summed E-state index contributed by atoms with van der Waals surface area (Å²) in [5, 5.41) is -0.196. The summed E-state index contributed by atoms with van der Waals surface area (Å²) >= 11 is 0. The third kappa shape index (κ3) is 2.58. The van der Waals surface area contributed by atoms with Crippen molar-refractivity contribution >= 4 is 16.3 Å². The van der Waals surface area contributed by atoms with Crippen LogP contribution in [0.4, 0.5) is 0 Å². The molecule has 1 saturated carbocycles. The second kappa shape index (κ2) is 4.62. The number of sulfonamides is 1. The average molecular weight is 257 g/mol. The first kappa shape index (κ1) is 12.3. The lowest BCUT2D eigenvalue weighted by Gasteiger charge is -2.15. The summed E-state index contributed by atoms with van der Waals surface area (Å²) in [7, 11) is -3.64. The topological polar surface area (TPSA) is 76.4 Å². The molecule has 2 rings (SSSR count). The van der Waals surface area contributed by atoms with Crippen molar-refractivity contribution in [2.45, 2.75) is 37.3 Å². The van der Waals surface area contributed by atoms with Crippen LogP contribution < -0.4 is 4.72 Å². The smallest absolute Gasteiger partial charge is 0.274 e. The van der Waals surface area contributed by atoms with Crippen molar-refractivity contribution in [3.8, 4) is 0 Å². The molecule has 1 heterocycles. The van der Waals surface area contributed by atoms with Crippen LogP contribution in [0.25, 0.3) is 0 Å². The molecule has 0 aromatic carbocycles. The van der Waals surface area contributed by atoms with Gasteiger partial charge in [0.1, 0.15) is 0 Å². The summed E-state index contributed by atoms with van der Waals surface area (Å²) in [4.78, 5) is 10.4. The van der Waals surface area contributed by atoms with E-state index in [-0.39, 0.29) is 16.9 Å². The first-order chi connectivity index (χ1) is 8.03. The number of rotatable bonds is 4. The van der Waals surface area contributed by atoms with Crippen LogP contribution in [0, 0.1) is 5.92 Å². The minimum absolute atomic E-state index is 0.0184. The summed E-state index contributed by atoms with van der Waals surface area (Å²) in [6, 6.07) is 2.61. The van der Waals surface area contributed by atoms with Gasteiger partial charge in [-0.15, -0.1) is 0 Å². The van der Waals surface area contributed by atoms with Crippen molar-refractivity contribution in [2.75, 3.05) is 0 Å². The molecule has 0 radical (unpaired) electrons. The molecule has 1 aromatic heterocycles. The molecule has 17 heavy (non-hydrogen) atoms. The van der Waals surface area contributed by atoms with Gasteiger partial charge in [-0.2, -0.15) is 0 Å². The molecule has 6 heteroatoms. The van der Waals surface area contributed by atoms with Crippen molar-refractivity contribution in [1.82, 2.24) is 4.72 Å². The lowest BCUT2D eigenvalue weighted by molar-refractivity contribution is 0.109. The number of carbonyl (C=O) groups is 1. The number of hydrogen-bond acceptors (Lipinski definition) is 4. The normalized spacial score (nSPS) is 25.0. The maximum atomic E-state index is 11.9. The third-order valence-electron chi connectivity index (χ3n) is 3.15. The minimum Gasteiger partial charge on any atom is -0.440 e. The Labute approximate surface area is 100 Å². The fourth-order valence-corrected chi connectivity index (χ4v) is 3.44. The Morgan fingerprint density at radius 1 is 1.41 bits per heavy atom. The third-order valence-corrected chi connectivity index (χ3v) is 4.51. The molecule has 1 aliphatic carbocycles. The highest BCUT2D eigenvalue weighted by molar-refractivity contribution is 7.89. The molecule has 1 N–H and O–H groups in total. The quantitative estimate of drug-likeness (QED) is 0.830. The van der Waals surface area contributed by atoms with Crippen molar-refractivity contribution in [1.29, 1.82) is 0 Å². The molecule has 94 valence electrons. The largest absolute Gasteiger partial charge is 0.440 e. The molecule has 2 unspecified atom stereocenters. The van der Waals surface area contributed by atoms with E-state index in [4.69, 9.17) is 4.42 Å². The standard InChI is InChI=1S/C11H15NO4S/c1-8-3-2-4-10(8)12-17(14,15)11-6-5-9(7-13)16-11/h5-8,10,12H,2-4H2,1H3. The summed E-state index contributed by atoms with van der Waals surface area (Å²) < 4.78 is 31.4. The predicted octanol–water partition coefficient (Wildman–Crippen LogP) is 1.56. The van der Waals surface area contributed by atoms with Gasteiger partial charge in [0.05, 0.1) is 0 Å². The van der Waals surface area contributed by atoms with Crippen LogP contribution in [0.5, 0.6) is 0 Å². The highest BCUT2D eigenvalue weighted by Crippen LogP contribution is 2.26. The second-order valence-electron chi connectivity index (χ2n) is 4.41. The first-order valence-corrected chi connectivity index (χ1v) is 7.08. The molecule has 0 aliphatic heterocycles. The van der Waals surface area contributed by atoms with E-state index in [2.05, 4.69) is 4.72 Å². The average Bonchev–Trinajstić information content (AvgIpc) is 2.88. The van der Waals surface area contributed by atoms with Gasteiger partial charge < -0.3 is 4.42 Å². The van der Waals surface area contributed by atoms with E-state index in [0.29, 0.717) is 12.2 Å². The zero-order valence-electron chi connectivity index (χ0n) is 9.55. The van der Waals surface area contributed by atoms with Crippen molar-refractivity contribution in [3.05, 3.63) is 17.9 Å². The maximum Gasteiger partial charge on any atom is 0.274 e. The summed E-state index contributed by atoms with van der Waals surface area (Å²) in [5.74, 6) is 0.357. The number of hydrogen-bond donors (Lipinski definition) is 1. The molecule has 5 nitrogen and oxygen atoms in total. The highest BCUT2D eigenvalue weighted by Gasteiger charge is 2.29. The molecular formula is C11H15NO4S. The van der Waals surface area contributed by atoms with Crippen LogP contribution in [0.3, 0.4) is 0 Å². The van der Waals surface area contributed by atoms with Crippen LogP contribution in [-0.2, 0) is 10.0 Å². The fourth-order valence-electron chi connectivity index (χ4n) is 2.12. The maximum absolute atomic E-state index is 11.9. The van der Waals surface area contributed by atoms with Gasteiger partial charge in [0.25, 0.3) is 10.0 Å². The Morgan fingerprint density at radius 3 is 2.71 bits per heavy atom. The molecule has 1 aliphatic rings. The predicted molar refractivity (Wildman–Crippen MR) is 61.2 cm³/mol. The lowest BCUT2D eigenvalue weighted by atomic mass is 10.1. The number of carbonyl (C=O) groups excluding carboxylic acids is 1. The molecular weight excluding hydrogens is 242 g/mol. The van der Waals surface area contributed by atoms with Crippen LogP contribution in [0.1, 0.15) is 36.7 Å². The van der Waals surface area contributed by atoms with Gasteiger partial charge in [-0.25, -0.2) is 13.1 Å². The zero-order chi connectivity index (χ0) is 12.5. The van der Waals surface area contributed by atoms with Crippen LogP contribution in [0.2, 0.25) is 0 Å².